The number of hydrogen-bond donors (Lipinski definition) is 1. The number of rotatable bonds is 2. The predicted octanol–water partition coefficient (Wildman–Crippen LogP) is 1.60. The normalized spacial score (nSPS) is 12.6. The average Bonchev–Trinajstić information content (AvgIpc) is 2.52. The number of Topliss-reactive ketones (excluding diaryl/α,β-unsaturated/α-hetero) is 2. The Bertz CT molecular complexity index is 878. The van der Waals surface area contributed by atoms with Gasteiger partial charge in [0.2, 0.25) is 17.0 Å². The lowest BCUT2D eigenvalue weighted by Gasteiger charge is -2.17. The summed E-state index contributed by atoms with van der Waals surface area (Å²) < 4.78 is 4.78. The molecule has 1 aliphatic rings. The van der Waals surface area contributed by atoms with E-state index in [9.17, 15) is 19.2 Å². The number of H-pyrrole nitrogens is 1. The molecular weight excluding hydrogens is 286 g/mol. The van der Waals surface area contributed by atoms with Crippen molar-refractivity contribution in [1.29, 1.82) is 0 Å². The smallest absolute Gasteiger partial charge is 0.343 e. The van der Waals surface area contributed by atoms with Gasteiger partial charge in [-0.1, -0.05) is 24.3 Å². The molecule has 1 heterocycles. The topological polar surface area (TPSA) is 93.3 Å². The Morgan fingerprint density at radius 2 is 1.77 bits per heavy atom. The van der Waals surface area contributed by atoms with Gasteiger partial charge in [0, 0.05) is 17.3 Å². The number of aromatic nitrogens is 1. The Kier molecular flexibility index (Phi) is 3.21. The molecular formula is C16H11NO5. The fourth-order valence-electron chi connectivity index (χ4n) is 2.45. The van der Waals surface area contributed by atoms with Crippen LogP contribution in [0.3, 0.4) is 0 Å². The maximum absolute atomic E-state index is 12.4. The van der Waals surface area contributed by atoms with Crippen LogP contribution in [0.25, 0.3) is 11.3 Å². The first-order valence-corrected chi connectivity index (χ1v) is 6.67. The summed E-state index contributed by atoms with van der Waals surface area (Å²) in [6, 6.07) is 6.50. The molecule has 0 radical (unpaired) electrons. The SMILES string of the molecule is CCOC(=O)c1c[nH]c2c(c1=O)C(=O)C(=O)c1ccccc1-2. The molecule has 0 amide bonds. The van der Waals surface area contributed by atoms with Gasteiger partial charge in [-0.15, -0.1) is 0 Å². The molecule has 2 aromatic rings. The van der Waals surface area contributed by atoms with Crippen LogP contribution in [0.1, 0.15) is 38.0 Å². The number of esters is 1. The first-order chi connectivity index (χ1) is 10.6. The minimum absolute atomic E-state index is 0.102. The largest absolute Gasteiger partial charge is 0.462 e. The monoisotopic (exact) mass is 297 g/mol. The number of ether oxygens (including phenoxy) is 1. The Labute approximate surface area is 124 Å². The van der Waals surface area contributed by atoms with Crippen molar-refractivity contribution in [2.24, 2.45) is 0 Å². The fourth-order valence-corrected chi connectivity index (χ4v) is 2.45. The summed E-state index contributed by atoms with van der Waals surface area (Å²) in [6.45, 7) is 1.71. The van der Waals surface area contributed by atoms with Crippen LogP contribution >= 0.6 is 0 Å². The molecule has 0 atom stereocenters. The summed E-state index contributed by atoms with van der Waals surface area (Å²) in [6.07, 6.45) is 1.21. The molecule has 1 N–H and O–H groups in total. The molecule has 0 unspecified atom stereocenters. The first kappa shape index (κ1) is 13.9. The van der Waals surface area contributed by atoms with Crippen LogP contribution in [-0.4, -0.2) is 29.1 Å². The lowest BCUT2D eigenvalue weighted by molar-refractivity contribution is 0.0524. The Morgan fingerprint density at radius 3 is 2.45 bits per heavy atom. The van der Waals surface area contributed by atoms with Gasteiger partial charge in [-0.05, 0) is 6.92 Å². The third kappa shape index (κ3) is 1.88. The van der Waals surface area contributed by atoms with E-state index in [0.29, 0.717) is 5.56 Å². The van der Waals surface area contributed by atoms with Crippen molar-refractivity contribution in [3.8, 4) is 11.3 Å². The molecule has 1 aromatic heterocycles. The first-order valence-electron chi connectivity index (χ1n) is 6.67. The third-order valence-corrected chi connectivity index (χ3v) is 3.45. The van der Waals surface area contributed by atoms with Gasteiger partial charge in [0.1, 0.15) is 5.56 Å². The van der Waals surface area contributed by atoms with Crippen LogP contribution in [-0.2, 0) is 4.74 Å². The summed E-state index contributed by atoms with van der Waals surface area (Å²) in [5.74, 6) is -2.50. The average molecular weight is 297 g/mol. The molecule has 0 fully saturated rings. The molecule has 0 saturated carbocycles. The number of fused-ring (bicyclic) bond motifs is 3. The minimum atomic E-state index is -0.916. The van der Waals surface area contributed by atoms with Gasteiger partial charge >= 0.3 is 5.97 Å². The Balaban J connectivity index is 2.29. The second kappa shape index (κ2) is 5.07. The van der Waals surface area contributed by atoms with Crippen LogP contribution in [0.2, 0.25) is 0 Å². The highest BCUT2D eigenvalue weighted by molar-refractivity contribution is 6.52. The second-order valence-corrected chi connectivity index (χ2v) is 4.71. The van der Waals surface area contributed by atoms with Crippen LogP contribution in [0.15, 0.2) is 35.3 Å². The van der Waals surface area contributed by atoms with Crippen molar-refractivity contribution >= 4 is 17.5 Å². The van der Waals surface area contributed by atoms with E-state index < -0.39 is 23.0 Å². The van der Waals surface area contributed by atoms with Gasteiger partial charge in [-0.3, -0.25) is 14.4 Å². The van der Waals surface area contributed by atoms with Gasteiger partial charge in [0.05, 0.1) is 17.9 Å². The molecule has 0 bridgehead atoms. The zero-order chi connectivity index (χ0) is 15.9. The molecule has 6 nitrogen and oxygen atoms in total. The fraction of sp³-hybridized carbons (Fsp3) is 0.125. The van der Waals surface area contributed by atoms with E-state index >= 15 is 0 Å². The molecule has 6 heteroatoms. The highest BCUT2D eigenvalue weighted by Crippen LogP contribution is 2.30. The number of nitrogens with one attached hydrogen (secondary N) is 1. The summed E-state index contributed by atoms with van der Waals surface area (Å²) in [5, 5.41) is 0. The van der Waals surface area contributed by atoms with Gasteiger partial charge in [0.15, 0.2) is 0 Å². The molecule has 0 aliphatic heterocycles. The van der Waals surface area contributed by atoms with Crippen LogP contribution in [0.5, 0.6) is 0 Å². The number of carbonyl (C=O) groups excluding carboxylic acids is 3. The zero-order valence-electron chi connectivity index (χ0n) is 11.6. The van der Waals surface area contributed by atoms with Crippen LogP contribution in [0, 0.1) is 0 Å². The van der Waals surface area contributed by atoms with Crippen molar-refractivity contribution < 1.29 is 19.1 Å². The van der Waals surface area contributed by atoms with E-state index in [4.69, 9.17) is 4.74 Å². The maximum atomic E-state index is 12.4. The number of pyridine rings is 1. The molecule has 0 spiro atoms. The zero-order valence-corrected chi connectivity index (χ0v) is 11.6. The Morgan fingerprint density at radius 1 is 1.09 bits per heavy atom. The number of hydrogen-bond acceptors (Lipinski definition) is 5. The van der Waals surface area contributed by atoms with Gasteiger partial charge in [-0.25, -0.2) is 4.79 Å². The molecule has 1 aromatic carbocycles. The molecule has 3 rings (SSSR count). The van der Waals surface area contributed by atoms with Crippen LogP contribution in [0.4, 0.5) is 0 Å². The number of ketones is 2. The summed E-state index contributed by atoms with van der Waals surface area (Å²) in [5.41, 5.74) is -0.442. The van der Waals surface area contributed by atoms with E-state index in [0.717, 1.165) is 0 Å². The third-order valence-electron chi connectivity index (χ3n) is 3.45. The second-order valence-electron chi connectivity index (χ2n) is 4.71. The van der Waals surface area contributed by atoms with Gasteiger partial charge < -0.3 is 9.72 Å². The van der Waals surface area contributed by atoms with E-state index in [1.807, 2.05) is 0 Å². The lowest BCUT2D eigenvalue weighted by atomic mass is 9.86. The molecule has 22 heavy (non-hydrogen) atoms. The number of carbonyl (C=O) groups is 3. The van der Waals surface area contributed by atoms with Crippen molar-refractivity contribution in [1.82, 2.24) is 4.98 Å². The Hall–Kier alpha value is -3.02. The summed E-state index contributed by atoms with van der Waals surface area (Å²) in [7, 11) is 0. The highest BCUT2D eigenvalue weighted by atomic mass is 16.5. The maximum Gasteiger partial charge on any atom is 0.343 e. The van der Waals surface area contributed by atoms with Crippen molar-refractivity contribution in [2.45, 2.75) is 6.92 Å². The number of benzene rings is 1. The van der Waals surface area contributed by atoms with E-state index in [2.05, 4.69) is 4.98 Å². The van der Waals surface area contributed by atoms with Crippen molar-refractivity contribution in [2.75, 3.05) is 6.61 Å². The van der Waals surface area contributed by atoms with Crippen LogP contribution < -0.4 is 5.43 Å². The summed E-state index contributed by atoms with van der Waals surface area (Å²) >= 11 is 0. The highest BCUT2D eigenvalue weighted by Gasteiger charge is 2.34. The van der Waals surface area contributed by atoms with E-state index in [1.165, 1.54) is 12.3 Å². The van der Waals surface area contributed by atoms with Gasteiger partial charge in [0.25, 0.3) is 0 Å². The predicted molar refractivity (Wildman–Crippen MR) is 77.1 cm³/mol. The van der Waals surface area contributed by atoms with E-state index in [-0.39, 0.29) is 29.0 Å². The summed E-state index contributed by atoms with van der Waals surface area (Å²) in [4.78, 5) is 51.3. The van der Waals surface area contributed by atoms with Gasteiger partial charge in [-0.2, -0.15) is 0 Å². The number of aromatic amines is 1. The molecule has 110 valence electrons. The van der Waals surface area contributed by atoms with Crippen molar-refractivity contribution in [3.63, 3.8) is 0 Å². The quantitative estimate of drug-likeness (QED) is 0.671. The molecule has 0 saturated heterocycles. The molecule has 1 aliphatic carbocycles. The van der Waals surface area contributed by atoms with E-state index in [1.54, 1.807) is 25.1 Å². The standard InChI is InChI=1S/C16H11NO5/c1-2-22-16(21)10-7-17-12-8-5-3-4-6-9(8)14(19)15(20)11(12)13(10)18/h3-7H,2H2,1H3,(H,17,18). The lowest BCUT2D eigenvalue weighted by Crippen LogP contribution is -2.32. The van der Waals surface area contributed by atoms with Crippen molar-refractivity contribution in [3.05, 3.63) is 57.4 Å². The minimum Gasteiger partial charge on any atom is -0.462 e.